The molecule has 4 aliphatic heterocycles. The number of amidine groups is 2. The lowest BCUT2D eigenvalue weighted by atomic mass is 9.90. The molecule has 0 bridgehead atoms. The van der Waals surface area contributed by atoms with Crippen LogP contribution in [0.25, 0.3) is 21.5 Å². The molecule has 0 saturated carbocycles. The van der Waals surface area contributed by atoms with Crippen molar-refractivity contribution in [2.24, 2.45) is 9.98 Å². The van der Waals surface area contributed by atoms with E-state index in [4.69, 9.17) is 9.98 Å². The first-order valence-electron chi connectivity index (χ1n) is 25.4. The normalized spacial score (nSPS) is 14.8. The second-order valence-electron chi connectivity index (χ2n) is 19.6. The zero-order valence-corrected chi connectivity index (χ0v) is 45.6. The van der Waals surface area contributed by atoms with Gasteiger partial charge in [-0.05, 0) is 112 Å². The van der Waals surface area contributed by atoms with Crippen LogP contribution in [0.1, 0.15) is 66.6 Å². The van der Waals surface area contributed by atoms with Crippen LogP contribution in [0.4, 0.5) is 32.8 Å². The first-order valence-corrected chi connectivity index (χ1v) is 27.0. The van der Waals surface area contributed by atoms with Crippen LogP contribution in [0, 0.1) is 13.8 Å². The number of hydrogen-bond acceptors (Lipinski definition) is 15. The van der Waals surface area contributed by atoms with Crippen molar-refractivity contribution in [2.75, 3.05) is 77.1 Å². The van der Waals surface area contributed by atoms with Gasteiger partial charge in [0, 0.05) is 79.7 Å². The van der Waals surface area contributed by atoms with E-state index < -0.39 is 23.4 Å². The molecule has 4 aliphatic rings. The second-order valence-corrected chi connectivity index (χ2v) is 22.1. The zero-order valence-electron chi connectivity index (χ0n) is 43.9. The summed E-state index contributed by atoms with van der Waals surface area (Å²) in [5.74, 6) is -0.957. The highest BCUT2D eigenvalue weighted by atomic mass is 32.1. The number of carbonyl (C=O) groups excluding carboxylic acids is 1. The molecular weight excluding hydrogens is 1010 g/mol. The molecule has 6 aromatic carbocycles. The predicted molar refractivity (Wildman–Crippen MR) is 312 cm³/mol. The van der Waals surface area contributed by atoms with Crippen LogP contribution in [-0.4, -0.2) is 136 Å². The van der Waals surface area contributed by atoms with E-state index in [-0.39, 0.29) is 23.3 Å². The number of nitrogens with zero attached hydrogens (tertiary/aromatic N) is 6. The summed E-state index contributed by atoms with van der Waals surface area (Å²) < 4.78 is 0. The van der Waals surface area contributed by atoms with Crippen LogP contribution in [0.15, 0.2) is 131 Å². The number of fused-ring (bicyclic) bond motifs is 6. The van der Waals surface area contributed by atoms with Crippen molar-refractivity contribution < 1.29 is 34.8 Å². The first-order chi connectivity index (χ1) is 37.0. The van der Waals surface area contributed by atoms with Gasteiger partial charge in [0.2, 0.25) is 0 Å². The van der Waals surface area contributed by atoms with Gasteiger partial charge < -0.3 is 55.5 Å². The number of Topliss-reactive ketones (excluding diaryl/α,β-unsaturated/α-hetero) is 1. The number of thiophene rings is 2. The molecule has 396 valence electrons. The van der Waals surface area contributed by atoms with Gasteiger partial charge in [-0.3, -0.25) is 0 Å². The van der Waals surface area contributed by atoms with Gasteiger partial charge in [-0.15, -0.1) is 22.7 Å². The average molecular weight is 1070 g/mol. The van der Waals surface area contributed by atoms with E-state index in [1.807, 2.05) is 0 Å². The maximum atomic E-state index is 11.6. The van der Waals surface area contributed by atoms with Gasteiger partial charge in [-0.25, -0.2) is 19.6 Å². The van der Waals surface area contributed by atoms with Gasteiger partial charge in [0.1, 0.15) is 50.1 Å². The van der Waals surface area contributed by atoms with Gasteiger partial charge in [0.15, 0.2) is 0 Å². The summed E-state index contributed by atoms with van der Waals surface area (Å²) >= 11 is 3.61. The molecule has 0 atom stereocenters. The number of piperazine rings is 2. The number of hydrogen-bond donors (Lipinski definition) is 6. The summed E-state index contributed by atoms with van der Waals surface area (Å²) in [5, 5.41) is 52.4. The first kappa shape index (κ1) is 53.7. The minimum atomic E-state index is -1.28. The lowest BCUT2D eigenvalue weighted by Crippen LogP contribution is -2.47. The second kappa shape index (κ2) is 23.4. The molecule has 0 radical (unpaired) electrons. The van der Waals surface area contributed by atoms with E-state index in [9.17, 15) is 34.8 Å². The molecule has 0 amide bonds. The summed E-state index contributed by atoms with van der Waals surface area (Å²) in [5.41, 5.74) is 6.83. The Morgan fingerprint density at radius 1 is 0.532 bits per heavy atom. The molecule has 15 nitrogen and oxygen atoms in total. The molecule has 77 heavy (non-hydrogen) atoms. The number of aryl methyl sites for hydroxylation is 2. The van der Waals surface area contributed by atoms with Crippen molar-refractivity contribution in [1.29, 1.82) is 0 Å². The van der Waals surface area contributed by atoms with Crippen molar-refractivity contribution in [3.8, 4) is 11.5 Å². The molecule has 2 fully saturated rings. The van der Waals surface area contributed by atoms with Crippen LogP contribution < -0.4 is 10.6 Å². The van der Waals surface area contributed by atoms with E-state index in [1.54, 1.807) is 71.2 Å². The number of ketones is 1. The summed E-state index contributed by atoms with van der Waals surface area (Å²) in [7, 11) is 4.37. The molecule has 0 aliphatic carbocycles. The Kier molecular flexibility index (Phi) is 16.3. The number of carboxylic acids is 2. The number of anilines is 4. The smallest absolute Gasteiger partial charge is 0.339 e. The maximum absolute atomic E-state index is 11.6. The van der Waals surface area contributed by atoms with Gasteiger partial charge in [0.25, 0.3) is 0 Å². The minimum Gasteiger partial charge on any atom is -0.507 e. The number of nitrogens with one attached hydrogen (secondary N) is 2. The number of carboxylic acid groups (broad SMARTS) is 2. The number of carbonyl (C=O) groups is 3. The standard InChI is InChI=1S/C23H16O6.2C17H20N4S.C3H6O/c24-20-16(14-7-3-1-5-12(14)9-18(20)22(26)27)11-17-15-8-4-2-6-13(15)10-19(21(17)25)23(28)29;2*1-12-11-13-16(21-9-7-20(2)8-10-21)18-14-5-3-4-6-15(14)19-17(13)22-12;1-3(2)4/h1-10,24-25H,11H2,(H,26,27)(H,28,29);2*3-6,11,19H,7-10H2,1-2H3;1-2H3. The van der Waals surface area contributed by atoms with Crippen molar-refractivity contribution in [3.63, 3.8) is 0 Å². The van der Waals surface area contributed by atoms with E-state index in [2.05, 4.69) is 119 Å². The molecular formula is C60H62N8O7S2. The van der Waals surface area contributed by atoms with Crippen molar-refractivity contribution in [2.45, 2.75) is 34.1 Å². The van der Waals surface area contributed by atoms with Crippen molar-refractivity contribution >= 4 is 106 Å². The Hall–Kier alpha value is -8.09. The molecule has 0 spiro atoms. The van der Waals surface area contributed by atoms with Crippen LogP contribution >= 0.6 is 22.7 Å². The van der Waals surface area contributed by atoms with Gasteiger partial charge >= 0.3 is 11.9 Å². The Morgan fingerprint density at radius 3 is 1.26 bits per heavy atom. The quantitative estimate of drug-likeness (QED) is 0.0976. The number of likely N-dealkylation sites (N-methyl/N-ethyl adjacent to an activating group) is 2. The number of rotatable bonds is 4. The fraction of sp³-hybridized carbons (Fsp3) is 0.250. The topological polar surface area (TPSA) is 194 Å². The number of aromatic carboxylic acids is 2. The lowest BCUT2D eigenvalue weighted by Gasteiger charge is -2.34. The Balaban J connectivity index is 0.000000137. The third kappa shape index (κ3) is 12.1. The van der Waals surface area contributed by atoms with E-state index >= 15 is 0 Å². The fourth-order valence-corrected chi connectivity index (χ4v) is 11.5. The van der Waals surface area contributed by atoms with Crippen molar-refractivity contribution in [1.82, 2.24) is 19.6 Å². The number of aromatic hydroxyl groups is 2. The largest absolute Gasteiger partial charge is 0.507 e. The maximum Gasteiger partial charge on any atom is 0.339 e. The lowest BCUT2D eigenvalue weighted by molar-refractivity contribution is -0.115. The summed E-state index contributed by atoms with van der Waals surface area (Å²) in [6.07, 6.45) is -0.0407. The molecule has 8 aromatic rings. The van der Waals surface area contributed by atoms with E-state index in [0.29, 0.717) is 32.7 Å². The molecule has 12 rings (SSSR count). The Bertz CT molecular complexity index is 3360. The average Bonchev–Trinajstić information content (AvgIpc) is 3.87. The van der Waals surface area contributed by atoms with Gasteiger partial charge in [-0.1, -0.05) is 72.8 Å². The molecule has 17 heteroatoms. The predicted octanol–water partition coefficient (Wildman–Crippen LogP) is 11.9. The Labute approximate surface area is 455 Å². The van der Waals surface area contributed by atoms with Gasteiger partial charge in [-0.2, -0.15) is 0 Å². The van der Waals surface area contributed by atoms with Crippen molar-refractivity contribution in [3.05, 3.63) is 164 Å². The zero-order chi connectivity index (χ0) is 54.5. The molecule has 2 aromatic heterocycles. The Morgan fingerprint density at radius 2 is 0.883 bits per heavy atom. The number of phenols is 2. The summed E-state index contributed by atoms with van der Waals surface area (Å²) in [6, 6.07) is 37.9. The van der Waals surface area contributed by atoms with Crippen LogP contribution in [0.5, 0.6) is 11.5 Å². The molecule has 2 saturated heterocycles. The third-order valence-electron chi connectivity index (χ3n) is 13.6. The van der Waals surface area contributed by atoms with Crippen LogP contribution in [-0.2, 0) is 11.2 Å². The van der Waals surface area contributed by atoms with Crippen LogP contribution in [0.2, 0.25) is 0 Å². The monoisotopic (exact) mass is 1070 g/mol. The number of aliphatic imine (C=N–C) groups is 2. The fourth-order valence-electron chi connectivity index (χ4n) is 9.70. The molecule has 0 unspecified atom stereocenters. The highest BCUT2D eigenvalue weighted by Crippen LogP contribution is 2.42. The highest BCUT2D eigenvalue weighted by Gasteiger charge is 2.28. The highest BCUT2D eigenvalue weighted by molar-refractivity contribution is 7.17. The van der Waals surface area contributed by atoms with E-state index in [1.165, 1.54) is 56.9 Å². The van der Waals surface area contributed by atoms with Gasteiger partial charge in [0.05, 0.1) is 33.9 Å². The molecule has 6 N–H and O–H groups in total. The minimum absolute atomic E-state index is 0.0407. The summed E-state index contributed by atoms with van der Waals surface area (Å²) in [6.45, 7) is 15.9. The molecule has 6 heterocycles. The van der Waals surface area contributed by atoms with E-state index in [0.717, 1.165) is 86.8 Å². The third-order valence-corrected chi connectivity index (χ3v) is 15.6. The number of benzene rings is 6. The SMILES string of the molecule is CC(C)=O.Cc1cc2c(s1)Nc1ccccc1N=C2N1CCN(C)CC1.Cc1cc2c(s1)Nc1ccccc1N=C2N1CCN(C)CC1.O=C(O)c1cc2ccccc2c(Cc2c(O)c(C(=O)O)cc3ccccc23)c1O. The van der Waals surface area contributed by atoms with Crippen LogP contribution in [0.3, 0.4) is 0 Å². The summed E-state index contributed by atoms with van der Waals surface area (Å²) in [4.78, 5) is 54.9. The number of para-hydroxylation sites is 4.